The fourth-order valence-electron chi connectivity index (χ4n) is 1.59. The first-order valence-corrected chi connectivity index (χ1v) is 5.62. The molecule has 2 aromatic rings. The van der Waals surface area contributed by atoms with Gasteiger partial charge in [0, 0.05) is 6.07 Å². The fourth-order valence-corrected chi connectivity index (χ4v) is 1.59. The number of hydrogen-bond acceptors (Lipinski definition) is 5. The Morgan fingerprint density at radius 3 is 2.84 bits per heavy atom. The third-order valence-corrected chi connectivity index (χ3v) is 2.57. The first-order valence-electron chi connectivity index (χ1n) is 5.62. The highest BCUT2D eigenvalue weighted by molar-refractivity contribution is 5.46. The van der Waals surface area contributed by atoms with Crippen LogP contribution in [0.5, 0.6) is 11.6 Å². The van der Waals surface area contributed by atoms with E-state index in [1.54, 1.807) is 6.07 Å². The Morgan fingerprint density at radius 2 is 2.21 bits per heavy atom. The molecule has 1 aromatic carbocycles. The molecule has 0 spiro atoms. The quantitative estimate of drug-likeness (QED) is 0.913. The molecule has 0 saturated carbocycles. The van der Waals surface area contributed by atoms with Gasteiger partial charge < -0.3 is 10.5 Å². The van der Waals surface area contributed by atoms with E-state index >= 15 is 0 Å². The molecule has 0 amide bonds. The molecule has 19 heavy (non-hydrogen) atoms. The van der Waals surface area contributed by atoms with Gasteiger partial charge in [0.2, 0.25) is 5.88 Å². The lowest BCUT2D eigenvalue weighted by Gasteiger charge is -2.10. The van der Waals surface area contributed by atoms with Crippen LogP contribution in [-0.4, -0.2) is 9.97 Å². The number of ether oxygens (including phenoxy) is 1. The Hall–Kier alpha value is -2.68. The Balaban J connectivity index is 2.34. The van der Waals surface area contributed by atoms with Crippen molar-refractivity contribution in [3.05, 3.63) is 41.5 Å². The normalized spacial score (nSPS) is 9.95. The van der Waals surface area contributed by atoms with Crippen LogP contribution in [0.2, 0.25) is 0 Å². The number of aromatic nitrogens is 2. The van der Waals surface area contributed by atoms with Crippen LogP contribution >= 0.6 is 0 Å². The second kappa shape index (κ2) is 5.31. The molecule has 0 radical (unpaired) electrons. The van der Waals surface area contributed by atoms with Gasteiger partial charge in [0.25, 0.3) is 0 Å². The molecule has 96 valence electrons. The molecule has 6 heteroatoms. The second-order valence-corrected chi connectivity index (χ2v) is 3.75. The summed E-state index contributed by atoms with van der Waals surface area (Å²) in [6, 6.07) is 5.72. The van der Waals surface area contributed by atoms with Gasteiger partial charge in [-0.1, -0.05) is 6.92 Å². The summed E-state index contributed by atoms with van der Waals surface area (Å²) in [4.78, 5) is 7.84. The van der Waals surface area contributed by atoms with Gasteiger partial charge in [0.05, 0.1) is 11.1 Å². The van der Waals surface area contributed by atoms with Crippen molar-refractivity contribution in [2.24, 2.45) is 0 Å². The van der Waals surface area contributed by atoms with E-state index in [9.17, 15) is 4.39 Å². The average Bonchev–Trinajstić information content (AvgIpc) is 2.39. The third-order valence-electron chi connectivity index (χ3n) is 2.57. The van der Waals surface area contributed by atoms with Crippen LogP contribution in [0.4, 0.5) is 10.2 Å². The number of rotatable bonds is 3. The van der Waals surface area contributed by atoms with Crippen LogP contribution in [0, 0.1) is 17.1 Å². The van der Waals surface area contributed by atoms with Gasteiger partial charge in [-0.3, -0.25) is 0 Å². The molecule has 2 N–H and O–H groups in total. The van der Waals surface area contributed by atoms with Crippen molar-refractivity contribution >= 4 is 5.82 Å². The van der Waals surface area contributed by atoms with Gasteiger partial charge in [-0.05, 0) is 18.6 Å². The van der Waals surface area contributed by atoms with Crippen molar-refractivity contribution in [3.8, 4) is 17.7 Å². The van der Waals surface area contributed by atoms with Crippen LogP contribution in [-0.2, 0) is 6.42 Å². The Labute approximate surface area is 109 Å². The first kappa shape index (κ1) is 12.8. The van der Waals surface area contributed by atoms with Crippen LogP contribution in [0.25, 0.3) is 0 Å². The number of nitrogens with zero attached hydrogens (tertiary/aromatic N) is 3. The zero-order valence-corrected chi connectivity index (χ0v) is 10.2. The summed E-state index contributed by atoms with van der Waals surface area (Å²) in [5.74, 6) is 0.241. The maximum Gasteiger partial charge on any atom is 0.227 e. The van der Waals surface area contributed by atoms with E-state index in [0.717, 1.165) is 6.07 Å². The number of halogens is 1. The van der Waals surface area contributed by atoms with E-state index < -0.39 is 5.82 Å². The summed E-state index contributed by atoms with van der Waals surface area (Å²) in [6.45, 7) is 1.89. The predicted octanol–water partition coefficient (Wildman–Crippen LogP) is 2.42. The van der Waals surface area contributed by atoms with Crippen LogP contribution in [0.3, 0.4) is 0 Å². The molecule has 0 aliphatic carbocycles. The van der Waals surface area contributed by atoms with Gasteiger partial charge in [-0.15, -0.1) is 0 Å². The smallest absolute Gasteiger partial charge is 0.227 e. The molecule has 0 aliphatic rings. The Kier molecular flexibility index (Phi) is 3.57. The number of anilines is 1. The SMILES string of the molecule is CCc1c(N)ncnc1Oc1ccc(C#N)c(F)c1. The van der Waals surface area contributed by atoms with Gasteiger partial charge in [-0.25, -0.2) is 14.4 Å². The van der Waals surface area contributed by atoms with E-state index in [1.165, 1.54) is 18.5 Å². The average molecular weight is 258 g/mol. The van der Waals surface area contributed by atoms with E-state index in [1.807, 2.05) is 6.92 Å². The van der Waals surface area contributed by atoms with Crippen molar-refractivity contribution in [2.75, 3.05) is 5.73 Å². The van der Waals surface area contributed by atoms with Crippen LogP contribution in [0.1, 0.15) is 18.1 Å². The second-order valence-electron chi connectivity index (χ2n) is 3.75. The monoisotopic (exact) mass is 258 g/mol. The molecule has 2 rings (SSSR count). The zero-order valence-electron chi connectivity index (χ0n) is 10.2. The Morgan fingerprint density at radius 1 is 1.42 bits per heavy atom. The fraction of sp³-hybridized carbons (Fsp3) is 0.154. The molecule has 0 bridgehead atoms. The highest BCUT2D eigenvalue weighted by atomic mass is 19.1. The molecule has 1 heterocycles. The van der Waals surface area contributed by atoms with E-state index in [-0.39, 0.29) is 11.3 Å². The van der Waals surface area contributed by atoms with Crippen molar-refractivity contribution in [2.45, 2.75) is 13.3 Å². The standard InChI is InChI=1S/C13H11FN4O/c1-2-10-12(16)17-7-18-13(10)19-9-4-3-8(6-15)11(14)5-9/h3-5,7H,2H2,1H3,(H2,16,17,18). The van der Waals surface area contributed by atoms with Crippen LogP contribution < -0.4 is 10.5 Å². The molecule has 0 saturated heterocycles. The van der Waals surface area contributed by atoms with Crippen molar-refractivity contribution in [1.82, 2.24) is 9.97 Å². The van der Waals surface area contributed by atoms with E-state index in [2.05, 4.69) is 9.97 Å². The molecule has 1 aromatic heterocycles. The lowest BCUT2D eigenvalue weighted by molar-refractivity contribution is 0.451. The summed E-state index contributed by atoms with van der Waals surface area (Å²) in [7, 11) is 0. The molecular formula is C13H11FN4O. The first-order chi connectivity index (χ1) is 9.15. The largest absolute Gasteiger partial charge is 0.438 e. The summed E-state index contributed by atoms with van der Waals surface area (Å²) in [5, 5.41) is 8.65. The summed E-state index contributed by atoms with van der Waals surface area (Å²) < 4.78 is 18.9. The summed E-state index contributed by atoms with van der Waals surface area (Å²) in [5.41, 5.74) is 6.34. The van der Waals surface area contributed by atoms with Gasteiger partial charge in [0.1, 0.15) is 29.8 Å². The number of benzene rings is 1. The lowest BCUT2D eigenvalue weighted by Crippen LogP contribution is -2.02. The van der Waals surface area contributed by atoms with Gasteiger partial charge in [0.15, 0.2) is 0 Å². The molecule has 0 fully saturated rings. The highest BCUT2D eigenvalue weighted by Gasteiger charge is 2.11. The lowest BCUT2D eigenvalue weighted by atomic mass is 10.2. The number of hydrogen-bond donors (Lipinski definition) is 1. The molecule has 0 aliphatic heterocycles. The summed E-state index contributed by atoms with van der Waals surface area (Å²) >= 11 is 0. The summed E-state index contributed by atoms with van der Waals surface area (Å²) in [6.07, 6.45) is 1.88. The van der Waals surface area contributed by atoms with E-state index in [0.29, 0.717) is 23.7 Å². The minimum absolute atomic E-state index is 0.0368. The maximum absolute atomic E-state index is 13.5. The topological polar surface area (TPSA) is 84.8 Å². The van der Waals surface area contributed by atoms with Gasteiger partial charge in [-0.2, -0.15) is 5.26 Å². The molecular weight excluding hydrogens is 247 g/mol. The van der Waals surface area contributed by atoms with Crippen molar-refractivity contribution < 1.29 is 9.13 Å². The maximum atomic E-state index is 13.5. The zero-order chi connectivity index (χ0) is 13.8. The van der Waals surface area contributed by atoms with Crippen LogP contribution in [0.15, 0.2) is 24.5 Å². The molecule has 0 atom stereocenters. The number of nitriles is 1. The minimum atomic E-state index is -0.639. The van der Waals surface area contributed by atoms with Crippen molar-refractivity contribution in [3.63, 3.8) is 0 Å². The molecule has 5 nitrogen and oxygen atoms in total. The number of nitrogens with two attached hydrogens (primary N) is 1. The minimum Gasteiger partial charge on any atom is -0.438 e. The predicted molar refractivity (Wildman–Crippen MR) is 67.0 cm³/mol. The van der Waals surface area contributed by atoms with Gasteiger partial charge >= 0.3 is 0 Å². The van der Waals surface area contributed by atoms with Crippen molar-refractivity contribution in [1.29, 1.82) is 5.26 Å². The molecule has 0 unspecified atom stereocenters. The van der Waals surface area contributed by atoms with E-state index in [4.69, 9.17) is 15.7 Å². The Bertz CT molecular complexity index is 652. The number of nitrogen functional groups attached to an aromatic ring is 1. The third kappa shape index (κ3) is 2.60. The highest BCUT2D eigenvalue weighted by Crippen LogP contribution is 2.26.